The lowest BCUT2D eigenvalue weighted by Gasteiger charge is -2.08. The monoisotopic (exact) mass is 272 g/mol. The molecule has 0 unspecified atom stereocenters. The smallest absolute Gasteiger partial charge is 0.406 e. The SMILES string of the molecule is OCCn1cc(-c2ccc(OC(F)(F)F)cc2)cn1. The summed E-state index contributed by atoms with van der Waals surface area (Å²) in [6.07, 6.45) is -1.40. The fraction of sp³-hybridized carbons (Fsp3) is 0.250. The summed E-state index contributed by atoms with van der Waals surface area (Å²) < 4.78 is 41.3. The third-order valence-corrected chi connectivity index (χ3v) is 2.38. The maximum atomic E-state index is 12.0. The summed E-state index contributed by atoms with van der Waals surface area (Å²) in [5.74, 6) is -0.265. The van der Waals surface area contributed by atoms with Crippen LogP contribution in [0.4, 0.5) is 13.2 Å². The summed E-state index contributed by atoms with van der Waals surface area (Å²) in [5, 5.41) is 12.8. The third kappa shape index (κ3) is 3.72. The molecule has 1 aromatic carbocycles. The Morgan fingerprint density at radius 3 is 2.42 bits per heavy atom. The average Bonchev–Trinajstić information content (AvgIpc) is 2.77. The standard InChI is InChI=1S/C12H11F3N2O2/c13-12(14,15)19-11-3-1-9(2-4-11)10-7-16-17(8-10)5-6-18/h1-4,7-8,18H,5-6H2. The van der Waals surface area contributed by atoms with Crippen LogP contribution in [-0.4, -0.2) is 27.9 Å². The van der Waals surface area contributed by atoms with Gasteiger partial charge in [0.05, 0.1) is 19.3 Å². The minimum Gasteiger partial charge on any atom is -0.406 e. The van der Waals surface area contributed by atoms with Gasteiger partial charge in [-0.25, -0.2) is 0 Å². The van der Waals surface area contributed by atoms with Crippen molar-refractivity contribution in [1.82, 2.24) is 9.78 Å². The molecule has 1 aromatic heterocycles. The highest BCUT2D eigenvalue weighted by Gasteiger charge is 2.30. The number of aromatic nitrogens is 2. The molecule has 0 aliphatic carbocycles. The van der Waals surface area contributed by atoms with Crippen molar-refractivity contribution < 1.29 is 23.0 Å². The molecule has 0 saturated carbocycles. The molecule has 1 N–H and O–H groups in total. The van der Waals surface area contributed by atoms with Gasteiger partial charge in [-0.2, -0.15) is 5.10 Å². The molecule has 7 heteroatoms. The van der Waals surface area contributed by atoms with E-state index >= 15 is 0 Å². The zero-order chi connectivity index (χ0) is 13.9. The molecule has 2 aromatic rings. The van der Waals surface area contributed by atoms with Crippen molar-refractivity contribution in [3.63, 3.8) is 0 Å². The molecule has 0 atom stereocenters. The summed E-state index contributed by atoms with van der Waals surface area (Å²) in [4.78, 5) is 0. The average molecular weight is 272 g/mol. The molecule has 0 aliphatic heterocycles. The molecule has 0 fully saturated rings. The Kier molecular flexibility index (Phi) is 3.75. The number of alkyl halides is 3. The zero-order valence-electron chi connectivity index (χ0n) is 9.76. The number of halogens is 3. The van der Waals surface area contributed by atoms with Gasteiger partial charge in [0.15, 0.2) is 0 Å². The second kappa shape index (κ2) is 5.31. The quantitative estimate of drug-likeness (QED) is 0.930. The van der Waals surface area contributed by atoms with Crippen LogP contribution in [0, 0.1) is 0 Å². The highest BCUT2D eigenvalue weighted by Crippen LogP contribution is 2.26. The van der Waals surface area contributed by atoms with E-state index in [0.717, 1.165) is 11.1 Å². The topological polar surface area (TPSA) is 47.3 Å². The maximum absolute atomic E-state index is 12.0. The van der Waals surface area contributed by atoms with Crippen LogP contribution in [0.5, 0.6) is 5.75 Å². The van der Waals surface area contributed by atoms with Gasteiger partial charge in [-0.05, 0) is 17.7 Å². The summed E-state index contributed by atoms with van der Waals surface area (Å²) in [7, 11) is 0. The summed E-state index contributed by atoms with van der Waals surface area (Å²) in [6.45, 7) is 0.342. The Hall–Kier alpha value is -2.02. The molecule has 0 amide bonds. The van der Waals surface area contributed by atoms with Crippen LogP contribution in [0.25, 0.3) is 11.1 Å². The molecule has 0 spiro atoms. The van der Waals surface area contributed by atoms with Gasteiger partial charge >= 0.3 is 6.36 Å². The molecular weight excluding hydrogens is 261 g/mol. The molecule has 1 heterocycles. The largest absolute Gasteiger partial charge is 0.573 e. The van der Waals surface area contributed by atoms with Crippen LogP contribution in [0.3, 0.4) is 0 Å². The van der Waals surface area contributed by atoms with Crippen LogP contribution in [0.15, 0.2) is 36.7 Å². The van der Waals surface area contributed by atoms with E-state index < -0.39 is 6.36 Å². The van der Waals surface area contributed by atoms with Crippen molar-refractivity contribution in [2.24, 2.45) is 0 Å². The Bertz CT molecular complexity index is 535. The molecule has 102 valence electrons. The Labute approximate surface area is 107 Å². The van der Waals surface area contributed by atoms with E-state index in [1.165, 1.54) is 24.3 Å². The number of rotatable bonds is 4. The number of aliphatic hydroxyl groups is 1. The van der Waals surface area contributed by atoms with Gasteiger partial charge in [0.25, 0.3) is 0 Å². The van der Waals surface area contributed by atoms with E-state index in [-0.39, 0.29) is 12.4 Å². The lowest BCUT2D eigenvalue weighted by molar-refractivity contribution is -0.274. The van der Waals surface area contributed by atoms with Gasteiger partial charge in [-0.3, -0.25) is 4.68 Å². The fourth-order valence-electron chi connectivity index (χ4n) is 1.59. The molecule has 0 bridgehead atoms. The van der Waals surface area contributed by atoms with E-state index in [1.807, 2.05) is 0 Å². The van der Waals surface area contributed by atoms with E-state index in [4.69, 9.17) is 5.11 Å². The Balaban J connectivity index is 2.13. The van der Waals surface area contributed by atoms with Crippen molar-refractivity contribution in [1.29, 1.82) is 0 Å². The van der Waals surface area contributed by atoms with Crippen molar-refractivity contribution in [3.8, 4) is 16.9 Å². The number of hydrogen-bond donors (Lipinski definition) is 1. The van der Waals surface area contributed by atoms with Crippen molar-refractivity contribution in [2.75, 3.05) is 6.61 Å². The predicted octanol–water partition coefficient (Wildman–Crippen LogP) is 2.44. The summed E-state index contributed by atoms with van der Waals surface area (Å²) >= 11 is 0. The first-order chi connectivity index (χ1) is 8.98. The number of ether oxygens (including phenoxy) is 1. The molecule has 0 aliphatic rings. The fourth-order valence-corrected chi connectivity index (χ4v) is 1.59. The van der Waals surface area contributed by atoms with Crippen LogP contribution < -0.4 is 4.74 Å². The first-order valence-electron chi connectivity index (χ1n) is 5.47. The number of nitrogens with zero attached hydrogens (tertiary/aromatic N) is 2. The second-order valence-corrected chi connectivity index (χ2v) is 3.79. The highest BCUT2D eigenvalue weighted by atomic mass is 19.4. The summed E-state index contributed by atoms with van der Waals surface area (Å²) in [5.41, 5.74) is 1.48. The number of aliphatic hydroxyl groups excluding tert-OH is 1. The molecule has 2 rings (SSSR count). The lowest BCUT2D eigenvalue weighted by Crippen LogP contribution is -2.16. The van der Waals surface area contributed by atoms with Gasteiger partial charge in [0.1, 0.15) is 5.75 Å². The molecule has 0 radical (unpaired) electrons. The van der Waals surface area contributed by atoms with E-state index in [9.17, 15) is 13.2 Å². The van der Waals surface area contributed by atoms with E-state index in [0.29, 0.717) is 6.54 Å². The van der Waals surface area contributed by atoms with Crippen LogP contribution in [0.2, 0.25) is 0 Å². The summed E-state index contributed by atoms with van der Waals surface area (Å²) in [6, 6.07) is 5.52. The van der Waals surface area contributed by atoms with Crippen LogP contribution >= 0.6 is 0 Å². The van der Waals surface area contributed by atoms with Crippen molar-refractivity contribution in [3.05, 3.63) is 36.7 Å². The molecular formula is C12H11F3N2O2. The number of hydrogen-bond acceptors (Lipinski definition) is 3. The Morgan fingerprint density at radius 1 is 1.16 bits per heavy atom. The maximum Gasteiger partial charge on any atom is 0.573 e. The van der Waals surface area contributed by atoms with Gasteiger partial charge in [-0.1, -0.05) is 12.1 Å². The molecule has 4 nitrogen and oxygen atoms in total. The van der Waals surface area contributed by atoms with Crippen molar-refractivity contribution in [2.45, 2.75) is 12.9 Å². The van der Waals surface area contributed by atoms with Gasteiger partial charge in [0, 0.05) is 11.8 Å². The minimum atomic E-state index is -4.69. The first-order valence-corrected chi connectivity index (χ1v) is 5.47. The van der Waals surface area contributed by atoms with Gasteiger partial charge in [0.2, 0.25) is 0 Å². The lowest BCUT2D eigenvalue weighted by atomic mass is 10.1. The molecule has 0 saturated heterocycles. The Morgan fingerprint density at radius 2 is 1.84 bits per heavy atom. The normalized spacial score (nSPS) is 11.6. The number of benzene rings is 1. The van der Waals surface area contributed by atoms with E-state index in [2.05, 4.69) is 9.84 Å². The van der Waals surface area contributed by atoms with Gasteiger partial charge in [-0.15, -0.1) is 13.2 Å². The first kappa shape index (κ1) is 13.4. The second-order valence-electron chi connectivity index (χ2n) is 3.79. The van der Waals surface area contributed by atoms with E-state index in [1.54, 1.807) is 17.1 Å². The molecule has 19 heavy (non-hydrogen) atoms. The predicted molar refractivity (Wildman–Crippen MR) is 61.4 cm³/mol. The van der Waals surface area contributed by atoms with Crippen molar-refractivity contribution >= 4 is 0 Å². The van der Waals surface area contributed by atoms with Crippen LogP contribution in [0.1, 0.15) is 0 Å². The van der Waals surface area contributed by atoms with Crippen LogP contribution in [-0.2, 0) is 6.54 Å². The van der Waals surface area contributed by atoms with Gasteiger partial charge < -0.3 is 9.84 Å². The minimum absolute atomic E-state index is 0.0283. The zero-order valence-corrected chi connectivity index (χ0v) is 9.76. The highest BCUT2D eigenvalue weighted by molar-refractivity contribution is 5.62. The third-order valence-electron chi connectivity index (χ3n) is 2.38.